The van der Waals surface area contributed by atoms with Crippen molar-refractivity contribution in [3.05, 3.63) is 0 Å². The van der Waals surface area contributed by atoms with Gasteiger partial charge in [0.2, 0.25) is 0 Å². The molecule has 0 unspecified atom stereocenters. The molecule has 110 valence electrons. The molecule has 0 amide bonds. The zero-order valence-electron chi connectivity index (χ0n) is 12.3. The number of unbranched alkanes of at least 4 members (excludes halogenated alkanes) is 7. The van der Waals surface area contributed by atoms with Crippen molar-refractivity contribution in [2.45, 2.75) is 77.6 Å². The Morgan fingerprint density at radius 3 is 2.11 bits per heavy atom. The first-order valence-corrected chi connectivity index (χ1v) is 7.92. The van der Waals surface area contributed by atoms with E-state index in [2.05, 4.69) is 6.92 Å². The summed E-state index contributed by atoms with van der Waals surface area (Å²) in [5.41, 5.74) is 0. The van der Waals surface area contributed by atoms with E-state index in [-0.39, 0.29) is 24.1 Å². The molecular weight excluding hydrogens is 240 g/mol. The number of carbonyl (C=O) groups is 2. The number of ether oxygens (including phenoxy) is 1. The Balaban J connectivity index is 1.82. The van der Waals surface area contributed by atoms with Crippen molar-refractivity contribution in [1.29, 1.82) is 0 Å². The first-order valence-electron chi connectivity index (χ1n) is 7.92. The van der Waals surface area contributed by atoms with E-state index in [0.717, 1.165) is 25.7 Å². The summed E-state index contributed by atoms with van der Waals surface area (Å²) in [5.74, 6) is -0.101. The van der Waals surface area contributed by atoms with Gasteiger partial charge in [0, 0.05) is 5.92 Å². The van der Waals surface area contributed by atoms with Gasteiger partial charge in [0.15, 0.2) is 0 Å². The summed E-state index contributed by atoms with van der Waals surface area (Å²) in [6.07, 6.45) is 11.8. The van der Waals surface area contributed by atoms with Crippen molar-refractivity contribution in [3.8, 4) is 0 Å². The van der Waals surface area contributed by atoms with E-state index in [1.165, 1.54) is 38.5 Å². The molecule has 0 radical (unpaired) electrons. The minimum absolute atomic E-state index is 0.0122. The average molecular weight is 268 g/mol. The Bertz CT molecular complexity index is 269. The van der Waals surface area contributed by atoms with Gasteiger partial charge in [0.25, 0.3) is 0 Å². The predicted octanol–water partition coefficient (Wildman–Crippen LogP) is 4.04. The third kappa shape index (κ3) is 8.79. The highest BCUT2D eigenvalue weighted by Crippen LogP contribution is 2.30. The highest BCUT2D eigenvalue weighted by molar-refractivity contribution is 5.97. The number of rotatable bonds is 12. The van der Waals surface area contributed by atoms with Crippen LogP contribution in [0.25, 0.3) is 0 Å². The summed E-state index contributed by atoms with van der Waals surface area (Å²) in [7, 11) is 0. The number of Topliss-reactive ketones (excluding diaryl/α,β-unsaturated/α-hetero) is 1. The molecule has 1 aliphatic carbocycles. The summed E-state index contributed by atoms with van der Waals surface area (Å²) in [4.78, 5) is 22.7. The van der Waals surface area contributed by atoms with E-state index in [0.29, 0.717) is 6.61 Å². The maximum absolute atomic E-state index is 11.4. The monoisotopic (exact) mass is 268 g/mol. The number of ketones is 1. The molecule has 0 saturated heterocycles. The minimum Gasteiger partial charge on any atom is -0.465 e. The first kappa shape index (κ1) is 16.2. The standard InChI is InChI=1S/C16H28O3/c1-2-3-4-5-6-7-8-9-12-19-16(18)13-15(17)14-10-11-14/h14H,2-13H2,1H3. The summed E-state index contributed by atoms with van der Waals surface area (Å²) < 4.78 is 5.08. The molecule has 0 bridgehead atoms. The van der Waals surface area contributed by atoms with Crippen molar-refractivity contribution < 1.29 is 14.3 Å². The van der Waals surface area contributed by atoms with Gasteiger partial charge in [-0.3, -0.25) is 9.59 Å². The lowest BCUT2D eigenvalue weighted by atomic mass is 10.1. The molecule has 0 aliphatic heterocycles. The fraction of sp³-hybridized carbons (Fsp3) is 0.875. The van der Waals surface area contributed by atoms with Crippen LogP contribution in [0, 0.1) is 5.92 Å². The van der Waals surface area contributed by atoms with E-state index in [9.17, 15) is 9.59 Å². The largest absolute Gasteiger partial charge is 0.465 e. The SMILES string of the molecule is CCCCCCCCCCOC(=O)CC(=O)C1CC1. The third-order valence-corrected chi connectivity index (χ3v) is 3.61. The van der Waals surface area contributed by atoms with Gasteiger partial charge in [-0.1, -0.05) is 51.9 Å². The van der Waals surface area contributed by atoms with Crippen molar-refractivity contribution in [2.24, 2.45) is 5.92 Å². The highest BCUT2D eigenvalue weighted by Gasteiger charge is 2.30. The smallest absolute Gasteiger partial charge is 0.313 e. The fourth-order valence-corrected chi connectivity index (χ4v) is 2.16. The molecule has 0 aromatic rings. The summed E-state index contributed by atoms with van der Waals surface area (Å²) >= 11 is 0. The first-order chi connectivity index (χ1) is 9.24. The quantitative estimate of drug-likeness (QED) is 0.305. The van der Waals surface area contributed by atoms with Crippen molar-refractivity contribution in [1.82, 2.24) is 0 Å². The number of hydrogen-bond donors (Lipinski definition) is 0. The second-order valence-corrected chi connectivity index (χ2v) is 5.61. The normalized spacial score (nSPS) is 14.4. The van der Waals surface area contributed by atoms with Crippen molar-refractivity contribution in [3.63, 3.8) is 0 Å². The molecule has 0 heterocycles. The second-order valence-electron chi connectivity index (χ2n) is 5.61. The van der Waals surface area contributed by atoms with Crippen LogP contribution in [0.2, 0.25) is 0 Å². The van der Waals surface area contributed by atoms with Crippen LogP contribution in [0.1, 0.15) is 77.6 Å². The zero-order valence-corrected chi connectivity index (χ0v) is 12.3. The van der Waals surface area contributed by atoms with Crippen LogP contribution in [0.4, 0.5) is 0 Å². The van der Waals surface area contributed by atoms with E-state index in [4.69, 9.17) is 4.74 Å². The van der Waals surface area contributed by atoms with E-state index in [1.807, 2.05) is 0 Å². The number of hydrogen-bond acceptors (Lipinski definition) is 3. The molecule has 0 N–H and O–H groups in total. The van der Waals surface area contributed by atoms with Gasteiger partial charge < -0.3 is 4.74 Å². The summed E-state index contributed by atoms with van der Waals surface area (Å²) in [6.45, 7) is 2.70. The minimum atomic E-state index is -0.333. The predicted molar refractivity (Wildman–Crippen MR) is 75.9 cm³/mol. The third-order valence-electron chi connectivity index (χ3n) is 3.61. The topological polar surface area (TPSA) is 43.4 Å². The molecule has 3 nitrogen and oxygen atoms in total. The van der Waals surface area contributed by atoms with Crippen LogP contribution in [0.5, 0.6) is 0 Å². The van der Waals surface area contributed by atoms with Gasteiger partial charge >= 0.3 is 5.97 Å². The molecule has 0 aromatic heterocycles. The van der Waals surface area contributed by atoms with Gasteiger partial charge in [-0.05, 0) is 19.3 Å². The fourth-order valence-electron chi connectivity index (χ4n) is 2.16. The lowest BCUT2D eigenvalue weighted by Gasteiger charge is -2.04. The molecule has 1 aliphatic rings. The molecule has 0 atom stereocenters. The second kappa shape index (κ2) is 9.99. The van der Waals surface area contributed by atoms with Crippen LogP contribution in [-0.4, -0.2) is 18.4 Å². The average Bonchev–Trinajstić information content (AvgIpc) is 3.21. The van der Waals surface area contributed by atoms with E-state index < -0.39 is 0 Å². The Kier molecular flexibility index (Phi) is 8.52. The molecular formula is C16H28O3. The number of esters is 1. The Morgan fingerprint density at radius 2 is 1.53 bits per heavy atom. The maximum atomic E-state index is 11.4. The van der Waals surface area contributed by atoms with Crippen molar-refractivity contribution in [2.75, 3.05) is 6.61 Å². The van der Waals surface area contributed by atoms with Gasteiger partial charge in [0.1, 0.15) is 12.2 Å². The van der Waals surface area contributed by atoms with Gasteiger partial charge in [-0.15, -0.1) is 0 Å². The van der Waals surface area contributed by atoms with Gasteiger partial charge in [-0.2, -0.15) is 0 Å². The lowest BCUT2D eigenvalue weighted by Crippen LogP contribution is -2.13. The molecule has 1 fully saturated rings. The zero-order chi connectivity index (χ0) is 13.9. The molecule has 19 heavy (non-hydrogen) atoms. The van der Waals surface area contributed by atoms with Gasteiger partial charge in [-0.25, -0.2) is 0 Å². The Morgan fingerprint density at radius 1 is 0.947 bits per heavy atom. The van der Waals surface area contributed by atoms with Crippen LogP contribution in [0.3, 0.4) is 0 Å². The molecule has 1 saturated carbocycles. The Labute approximate surface area is 117 Å². The van der Waals surface area contributed by atoms with E-state index in [1.54, 1.807) is 0 Å². The molecule has 0 aromatic carbocycles. The lowest BCUT2D eigenvalue weighted by molar-refractivity contribution is -0.146. The van der Waals surface area contributed by atoms with Crippen LogP contribution in [-0.2, 0) is 14.3 Å². The van der Waals surface area contributed by atoms with Gasteiger partial charge in [0.05, 0.1) is 6.61 Å². The van der Waals surface area contributed by atoms with Crippen molar-refractivity contribution >= 4 is 11.8 Å². The highest BCUT2D eigenvalue weighted by atomic mass is 16.5. The Hall–Kier alpha value is -0.860. The van der Waals surface area contributed by atoms with Crippen LogP contribution in [0.15, 0.2) is 0 Å². The molecule has 0 spiro atoms. The van der Waals surface area contributed by atoms with Crippen LogP contribution >= 0.6 is 0 Å². The maximum Gasteiger partial charge on any atom is 0.313 e. The number of carbonyl (C=O) groups excluding carboxylic acids is 2. The molecule has 3 heteroatoms. The van der Waals surface area contributed by atoms with E-state index >= 15 is 0 Å². The summed E-state index contributed by atoms with van der Waals surface area (Å²) in [5, 5.41) is 0. The van der Waals surface area contributed by atoms with Crippen LogP contribution < -0.4 is 0 Å². The molecule has 1 rings (SSSR count). The summed E-state index contributed by atoms with van der Waals surface area (Å²) in [6, 6.07) is 0.